The number of halogens is 3. The van der Waals surface area contributed by atoms with Gasteiger partial charge in [0.15, 0.2) is 0 Å². The Bertz CT molecular complexity index is 796. The summed E-state index contributed by atoms with van der Waals surface area (Å²) >= 11 is 17.7. The Labute approximate surface area is 128 Å². The molecule has 106 valence electrons. The minimum absolute atomic E-state index is 0.0757. The summed E-state index contributed by atoms with van der Waals surface area (Å²) in [4.78, 5) is 25.6. The average molecular weight is 336 g/mol. The smallest absolute Gasteiger partial charge is 0.335 e. The molecule has 0 amide bonds. The van der Waals surface area contributed by atoms with Crippen molar-refractivity contribution >= 4 is 34.8 Å². The second-order valence-corrected chi connectivity index (χ2v) is 5.19. The van der Waals surface area contributed by atoms with E-state index in [1.54, 1.807) is 6.92 Å². The third-order valence-electron chi connectivity index (χ3n) is 2.76. The molecule has 0 atom stereocenters. The third-order valence-corrected chi connectivity index (χ3v) is 3.79. The molecule has 1 heterocycles. The van der Waals surface area contributed by atoms with Crippen molar-refractivity contribution in [2.45, 2.75) is 13.3 Å². The molecule has 2 N–H and O–H groups in total. The van der Waals surface area contributed by atoms with Crippen molar-refractivity contribution in [2.24, 2.45) is 0 Å². The number of rotatable bonds is 2. The largest absolute Gasteiger partial charge is 0.494 e. The highest BCUT2D eigenvalue weighted by Crippen LogP contribution is 2.32. The molecule has 0 unspecified atom stereocenters. The molecule has 1 aromatic heterocycles. The average Bonchev–Trinajstić information content (AvgIpc) is 2.35. The van der Waals surface area contributed by atoms with Crippen LogP contribution in [0.3, 0.4) is 0 Å². The van der Waals surface area contributed by atoms with Gasteiger partial charge in [-0.2, -0.15) is 0 Å². The van der Waals surface area contributed by atoms with Gasteiger partial charge in [-0.25, -0.2) is 9.36 Å². The number of H-pyrrole nitrogens is 1. The lowest BCUT2D eigenvalue weighted by atomic mass is 10.2. The lowest BCUT2D eigenvalue weighted by Gasteiger charge is -2.12. The molecular formula is C12H9Cl3N2O3. The van der Waals surface area contributed by atoms with Gasteiger partial charge in [-0.15, -0.1) is 0 Å². The van der Waals surface area contributed by atoms with Gasteiger partial charge in [0.2, 0.25) is 5.88 Å². The molecule has 0 spiro atoms. The highest BCUT2D eigenvalue weighted by atomic mass is 35.5. The van der Waals surface area contributed by atoms with Crippen LogP contribution in [0.25, 0.3) is 5.69 Å². The number of aromatic amines is 1. The first-order valence-electron chi connectivity index (χ1n) is 5.58. The Balaban J connectivity index is 2.87. The standard InChI is InChI=1S/C12H9Cl3N2O3/c1-2-5-10(18)16-12(20)17(11(5)19)9-4-7(14)6(13)3-8(9)15/h3-4,19H,2H2,1H3,(H,16,18,20). The van der Waals surface area contributed by atoms with Crippen molar-refractivity contribution in [3.05, 3.63) is 53.6 Å². The van der Waals surface area contributed by atoms with E-state index in [-0.39, 0.29) is 32.7 Å². The van der Waals surface area contributed by atoms with Gasteiger partial charge in [-0.05, 0) is 18.6 Å². The summed E-state index contributed by atoms with van der Waals surface area (Å²) in [5.41, 5.74) is -1.24. The van der Waals surface area contributed by atoms with Crippen molar-refractivity contribution in [3.63, 3.8) is 0 Å². The number of hydrogen-bond acceptors (Lipinski definition) is 3. The van der Waals surface area contributed by atoms with Crippen LogP contribution in [0.1, 0.15) is 12.5 Å². The maximum absolute atomic E-state index is 11.9. The fraction of sp³-hybridized carbons (Fsp3) is 0.167. The zero-order chi connectivity index (χ0) is 15.0. The maximum atomic E-state index is 11.9. The van der Waals surface area contributed by atoms with E-state index in [4.69, 9.17) is 34.8 Å². The summed E-state index contributed by atoms with van der Waals surface area (Å²) < 4.78 is 0.880. The fourth-order valence-corrected chi connectivity index (χ4v) is 2.41. The lowest BCUT2D eigenvalue weighted by Crippen LogP contribution is -2.31. The topological polar surface area (TPSA) is 75.1 Å². The first-order valence-corrected chi connectivity index (χ1v) is 6.72. The van der Waals surface area contributed by atoms with Gasteiger partial charge >= 0.3 is 5.69 Å². The summed E-state index contributed by atoms with van der Waals surface area (Å²) in [6.07, 6.45) is 0.250. The van der Waals surface area contributed by atoms with E-state index >= 15 is 0 Å². The summed E-state index contributed by atoms with van der Waals surface area (Å²) in [6.45, 7) is 1.68. The van der Waals surface area contributed by atoms with Crippen LogP contribution in [0.15, 0.2) is 21.7 Å². The molecule has 5 nitrogen and oxygen atoms in total. The molecular weight excluding hydrogens is 327 g/mol. The minimum atomic E-state index is -0.815. The van der Waals surface area contributed by atoms with Gasteiger partial charge in [-0.1, -0.05) is 41.7 Å². The van der Waals surface area contributed by atoms with E-state index in [1.807, 2.05) is 0 Å². The van der Waals surface area contributed by atoms with Gasteiger partial charge in [0.25, 0.3) is 5.56 Å². The predicted octanol–water partition coefficient (Wildman–Crippen LogP) is 2.75. The van der Waals surface area contributed by atoms with Gasteiger partial charge < -0.3 is 5.11 Å². The van der Waals surface area contributed by atoms with E-state index in [2.05, 4.69) is 4.98 Å². The molecule has 0 aliphatic rings. The molecule has 0 aliphatic heterocycles. The van der Waals surface area contributed by atoms with Gasteiger partial charge in [-0.3, -0.25) is 9.78 Å². The second-order valence-electron chi connectivity index (χ2n) is 3.97. The summed E-state index contributed by atoms with van der Waals surface area (Å²) in [5, 5.41) is 10.6. The summed E-state index contributed by atoms with van der Waals surface area (Å²) in [6, 6.07) is 2.69. The number of nitrogens with zero attached hydrogens (tertiary/aromatic N) is 1. The second kappa shape index (κ2) is 5.52. The van der Waals surface area contributed by atoms with Crippen LogP contribution in [-0.4, -0.2) is 14.7 Å². The van der Waals surface area contributed by atoms with E-state index in [0.29, 0.717) is 0 Å². The van der Waals surface area contributed by atoms with E-state index < -0.39 is 17.1 Å². The zero-order valence-corrected chi connectivity index (χ0v) is 12.5. The minimum Gasteiger partial charge on any atom is -0.494 e. The van der Waals surface area contributed by atoms with E-state index in [0.717, 1.165) is 4.57 Å². The molecule has 0 radical (unpaired) electrons. The van der Waals surface area contributed by atoms with Crippen LogP contribution in [0.4, 0.5) is 0 Å². The molecule has 2 aromatic rings. The molecule has 0 saturated heterocycles. The monoisotopic (exact) mass is 334 g/mol. The highest BCUT2D eigenvalue weighted by Gasteiger charge is 2.17. The number of benzene rings is 1. The molecule has 0 bridgehead atoms. The number of nitrogens with one attached hydrogen (secondary N) is 1. The Kier molecular flexibility index (Phi) is 4.13. The molecule has 0 aliphatic carbocycles. The number of hydrogen-bond donors (Lipinski definition) is 2. The highest BCUT2D eigenvalue weighted by molar-refractivity contribution is 6.43. The first kappa shape index (κ1) is 15.0. The molecule has 1 aromatic carbocycles. The summed E-state index contributed by atoms with van der Waals surface area (Å²) in [5.74, 6) is -0.471. The Morgan fingerprint density at radius 2 is 1.75 bits per heavy atom. The molecule has 8 heteroatoms. The normalized spacial score (nSPS) is 10.8. The van der Waals surface area contributed by atoms with Gasteiger partial charge in [0.05, 0.1) is 26.3 Å². The van der Waals surface area contributed by atoms with Crippen LogP contribution in [0, 0.1) is 0 Å². The first-order chi connectivity index (χ1) is 9.36. The van der Waals surface area contributed by atoms with Crippen molar-refractivity contribution in [1.29, 1.82) is 0 Å². The van der Waals surface area contributed by atoms with Crippen molar-refractivity contribution in [2.75, 3.05) is 0 Å². The van der Waals surface area contributed by atoms with Crippen molar-refractivity contribution < 1.29 is 5.11 Å². The Hall–Kier alpha value is -1.43. The van der Waals surface area contributed by atoms with Crippen molar-refractivity contribution in [3.8, 4) is 11.6 Å². The SMILES string of the molecule is CCc1c(O)n(-c2cc(Cl)c(Cl)cc2Cl)c(=O)[nH]c1=O. The van der Waals surface area contributed by atoms with Crippen LogP contribution >= 0.6 is 34.8 Å². The fourth-order valence-electron chi connectivity index (χ4n) is 1.79. The molecule has 20 heavy (non-hydrogen) atoms. The third kappa shape index (κ3) is 2.44. The van der Waals surface area contributed by atoms with E-state index in [9.17, 15) is 14.7 Å². The molecule has 0 fully saturated rings. The van der Waals surface area contributed by atoms with Crippen molar-refractivity contribution in [1.82, 2.24) is 9.55 Å². The molecule has 0 saturated carbocycles. The predicted molar refractivity (Wildman–Crippen MR) is 78.7 cm³/mol. The van der Waals surface area contributed by atoms with E-state index in [1.165, 1.54) is 12.1 Å². The van der Waals surface area contributed by atoms with Crippen LogP contribution in [0.2, 0.25) is 15.1 Å². The maximum Gasteiger partial charge on any atom is 0.335 e. The van der Waals surface area contributed by atoms with Crippen LogP contribution < -0.4 is 11.2 Å². The Morgan fingerprint density at radius 1 is 1.15 bits per heavy atom. The quantitative estimate of drug-likeness (QED) is 0.829. The molecule has 2 rings (SSSR count). The zero-order valence-electron chi connectivity index (χ0n) is 10.2. The van der Waals surface area contributed by atoms with Crippen LogP contribution in [-0.2, 0) is 6.42 Å². The Morgan fingerprint density at radius 3 is 2.35 bits per heavy atom. The number of aromatic nitrogens is 2. The van der Waals surface area contributed by atoms with Gasteiger partial charge in [0.1, 0.15) is 0 Å². The van der Waals surface area contributed by atoms with Gasteiger partial charge in [0, 0.05) is 0 Å². The number of aromatic hydroxyl groups is 1. The van der Waals surface area contributed by atoms with Crippen LogP contribution in [0.5, 0.6) is 5.88 Å². The summed E-state index contributed by atoms with van der Waals surface area (Å²) in [7, 11) is 0. The lowest BCUT2D eigenvalue weighted by molar-refractivity contribution is 0.423.